The summed E-state index contributed by atoms with van der Waals surface area (Å²) in [7, 11) is 0. The smallest absolute Gasteiger partial charge is 0.240 e. The van der Waals surface area contributed by atoms with E-state index in [2.05, 4.69) is 29.0 Å². The van der Waals surface area contributed by atoms with E-state index in [1.807, 2.05) is 6.92 Å². The number of carbonyl (C=O) groups is 1. The van der Waals surface area contributed by atoms with Crippen molar-refractivity contribution in [2.24, 2.45) is 0 Å². The highest BCUT2D eigenvalue weighted by molar-refractivity contribution is 5.83. The van der Waals surface area contributed by atoms with Crippen LogP contribution in [0.2, 0.25) is 0 Å². The minimum absolute atomic E-state index is 0.00916. The summed E-state index contributed by atoms with van der Waals surface area (Å²) in [4.78, 5) is 16.9. The van der Waals surface area contributed by atoms with Crippen molar-refractivity contribution in [3.63, 3.8) is 0 Å². The summed E-state index contributed by atoms with van der Waals surface area (Å²) in [6.07, 6.45) is 6.41. The lowest BCUT2D eigenvalue weighted by Gasteiger charge is -2.36. The van der Waals surface area contributed by atoms with Gasteiger partial charge in [0.15, 0.2) is 0 Å². The number of likely N-dealkylation sites (tertiary alicyclic amines) is 1. The molecule has 2 fully saturated rings. The number of nitrogens with zero attached hydrogens (tertiary/aromatic N) is 2. The van der Waals surface area contributed by atoms with Gasteiger partial charge >= 0.3 is 0 Å². The van der Waals surface area contributed by atoms with Crippen molar-refractivity contribution in [2.75, 3.05) is 19.6 Å². The fourth-order valence-corrected chi connectivity index (χ4v) is 3.34. The molecule has 2 heterocycles. The molecule has 1 N–H and O–H groups in total. The third kappa shape index (κ3) is 3.48. The normalized spacial score (nSPS) is 30.9. The summed E-state index contributed by atoms with van der Waals surface area (Å²) >= 11 is 0. The Balaban J connectivity index is 1.92. The molecule has 2 saturated heterocycles. The molecule has 3 atom stereocenters. The first-order chi connectivity index (χ1) is 9.13. The molecular weight excluding hydrogens is 238 g/mol. The standard InChI is InChI=1S/C15H29N3O/c1-4-8-14-16-13(3)15(19)18(14)11-12(2)17-9-6-5-7-10-17/h12-14,16H,4-11H2,1-3H3. The van der Waals surface area contributed by atoms with Gasteiger partial charge in [-0.15, -0.1) is 0 Å². The van der Waals surface area contributed by atoms with Crippen LogP contribution in [0.4, 0.5) is 0 Å². The van der Waals surface area contributed by atoms with Gasteiger partial charge in [-0.1, -0.05) is 19.8 Å². The van der Waals surface area contributed by atoms with Crippen molar-refractivity contribution < 1.29 is 4.79 Å². The van der Waals surface area contributed by atoms with Gasteiger partial charge in [-0.2, -0.15) is 0 Å². The van der Waals surface area contributed by atoms with Gasteiger partial charge in [0, 0.05) is 12.6 Å². The predicted molar refractivity (Wildman–Crippen MR) is 77.9 cm³/mol. The molecule has 2 aliphatic rings. The summed E-state index contributed by atoms with van der Waals surface area (Å²) in [5, 5.41) is 3.42. The van der Waals surface area contributed by atoms with Crippen LogP contribution in [0.1, 0.15) is 52.9 Å². The van der Waals surface area contributed by atoms with Crippen LogP contribution in [-0.2, 0) is 4.79 Å². The fraction of sp³-hybridized carbons (Fsp3) is 0.933. The zero-order chi connectivity index (χ0) is 13.8. The van der Waals surface area contributed by atoms with E-state index in [1.54, 1.807) is 0 Å². The highest BCUT2D eigenvalue weighted by Gasteiger charge is 2.36. The molecule has 19 heavy (non-hydrogen) atoms. The van der Waals surface area contributed by atoms with Crippen molar-refractivity contribution >= 4 is 5.91 Å². The van der Waals surface area contributed by atoms with Gasteiger partial charge in [0.1, 0.15) is 0 Å². The van der Waals surface area contributed by atoms with E-state index in [4.69, 9.17) is 0 Å². The van der Waals surface area contributed by atoms with Crippen LogP contribution in [0.5, 0.6) is 0 Å². The van der Waals surface area contributed by atoms with Gasteiger partial charge in [-0.25, -0.2) is 0 Å². The lowest BCUT2D eigenvalue weighted by Crippen LogP contribution is -2.48. The molecule has 4 heteroatoms. The van der Waals surface area contributed by atoms with Crippen molar-refractivity contribution in [3.05, 3.63) is 0 Å². The van der Waals surface area contributed by atoms with E-state index < -0.39 is 0 Å². The molecule has 1 amide bonds. The molecule has 0 spiro atoms. The molecule has 2 aliphatic heterocycles. The van der Waals surface area contributed by atoms with Gasteiger partial charge in [-0.05, 0) is 46.2 Å². The SMILES string of the molecule is CCCC1NC(C)C(=O)N1CC(C)N1CCCCC1. The zero-order valence-corrected chi connectivity index (χ0v) is 12.7. The Morgan fingerprint density at radius 1 is 1.32 bits per heavy atom. The molecule has 3 unspecified atom stereocenters. The topological polar surface area (TPSA) is 35.6 Å². The van der Waals surface area contributed by atoms with E-state index in [0.29, 0.717) is 6.04 Å². The monoisotopic (exact) mass is 267 g/mol. The second-order valence-corrected chi connectivity index (χ2v) is 6.13. The highest BCUT2D eigenvalue weighted by atomic mass is 16.2. The van der Waals surface area contributed by atoms with Crippen LogP contribution in [0, 0.1) is 0 Å². The quantitative estimate of drug-likeness (QED) is 0.825. The van der Waals surface area contributed by atoms with Gasteiger partial charge < -0.3 is 4.90 Å². The Morgan fingerprint density at radius 2 is 2.00 bits per heavy atom. The predicted octanol–water partition coefficient (Wildman–Crippen LogP) is 1.81. The second kappa shape index (κ2) is 6.71. The Hall–Kier alpha value is -0.610. The molecular formula is C15H29N3O. The summed E-state index contributed by atoms with van der Waals surface area (Å²) in [5.74, 6) is 0.280. The van der Waals surface area contributed by atoms with E-state index in [-0.39, 0.29) is 18.1 Å². The van der Waals surface area contributed by atoms with Crippen LogP contribution < -0.4 is 5.32 Å². The Labute approximate surface area is 117 Å². The van der Waals surface area contributed by atoms with E-state index in [1.165, 1.54) is 32.4 Å². The molecule has 0 aliphatic carbocycles. The molecule has 110 valence electrons. The largest absolute Gasteiger partial charge is 0.324 e. The third-order valence-electron chi connectivity index (χ3n) is 4.51. The maximum absolute atomic E-state index is 12.3. The van der Waals surface area contributed by atoms with Crippen LogP contribution in [-0.4, -0.2) is 53.6 Å². The molecule has 0 aromatic heterocycles. The van der Waals surface area contributed by atoms with Crippen LogP contribution >= 0.6 is 0 Å². The van der Waals surface area contributed by atoms with E-state index >= 15 is 0 Å². The number of nitrogens with one attached hydrogen (secondary N) is 1. The summed E-state index contributed by atoms with van der Waals surface area (Å²) < 4.78 is 0. The van der Waals surface area contributed by atoms with Crippen molar-refractivity contribution in [1.82, 2.24) is 15.1 Å². The van der Waals surface area contributed by atoms with E-state index in [9.17, 15) is 4.79 Å². The zero-order valence-electron chi connectivity index (χ0n) is 12.7. The van der Waals surface area contributed by atoms with Crippen molar-refractivity contribution in [1.29, 1.82) is 0 Å². The number of rotatable bonds is 5. The average molecular weight is 267 g/mol. The van der Waals surface area contributed by atoms with Gasteiger partial charge in [0.2, 0.25) is 5.91 Å². The minimum Gasteiger partial charge on any atom is -0.324 e. The number of carbonyl (C=O) groups excluding carboxylic acids is 1. The number of piperidine rings is 1. The summed E-state index contributed by atoms with van der Waals surface area (Å²) in [5.41, 5.74) is 0. The van der Waals surface area contributed by atoms with Gasteiger partial charge in [-0.3, -0.25) is 15.0 Å². The summed E-state index contributed by atoms with van der Waals surface area (Å²) in [6, 6.07) is 0.473. The first-order valence-electron chi connectivity index (χ1n) is 7.94. The highest BCUT2D eigenvalue weighted by Crippen LogP contribution is 2.18. The summed E-state index contributed by atoms with van der Waals surface area (Å²) in [6.45, 7) is 9.71. The Bertz CT molecular complexity index is 302. The van der Waals surface area contributed by atoms with Gasteiger partial charge in [0.25, 0.3) is 0 Å². The maximum atomic E-state index is 12.3. The third-order valence-corrected chi connectivity index (χ3v) is 4.51. The average Bonchev–Trinajstić information content (AvgIpc) is 2.68. The lowest BCUT2D eigenvalue weighted by atomic mass is 10.1. The lowest BCUT2D eigenvalue weighted by molar-refractivity contribution is -0.130. The number of hydrogen-bond donors (Lipinski definition) is 1. The first-order valence-corrected chi connectivity index (χ1v) is 7.94. The van der Waals surface area contributed by atoms with Crippen molar-refractivity contribution in [3.8, 4) is 0 Å². The molecule has 0 bridgehead atoms. The van der Waals surface area contributed by atoms with Gasteiger partial charge in [0.05, 0.1) is 12.2 Å². The number of hydrogen-bond acceptors (Lipinski definition) is 3. The molecule has 0 radical (unpaired) electrons. The number of amides is 1. The fourth-order valence-electron chi connectivity index (χ4n) is 3.34. The molecule has 4 nitrogen and oxygen atoms in total. The van der Waals surface area contributed by atoms with Crippen molar-refractivity contribution in [2.45, 2.75) is 71.1 Å². The maximum Gasteiger partial charge on any atom is 0.240 e. The Morgan fingerprint density at radius 3 is 2.63 bits per heavy atom. The van der Waals surface area contributed by atoms with Crippen LogP contribution in [0.15, 0.2) is 0 Å². The molecule has 0 aromatic rings. The first kappa shape index (κ1) is 14.8. The molecule has 0 aromatic carbocycles. The van der Waals surface area contributed by atoms with Crippen LogP contribution in [0.3, 0.4) is 0 Å². The van der Waals surface area contributed by atoms with Crippen LogP contribution in [0.25, 0.3) is 0 Å². The Kier molecular flexibility index (Phi) is 5.22. The molecule has 2 rings (SSSR count). The second-order valence-electron chi connectivity index (χ2n) is 6.13. The molecule has 0 saturated carbocycles. The minimum atomic E-state index is -0.00916. The van der Waals surface area contributed by atoms with E-state index in [0.717, 1.165) is 19.4 Å².